The zero-order valence-electron chi connectivity index (χ0n) is 19.6. The van der Waals surface area contributed by atoms with Crippen molar-refractivity contribution in [2.75, 3.05) is 10.0 Å². The van der Waals surface area contributed by atoms with Crippen LogP contribution in [0.2, 0.25) is 0 Å². The summed E-state index contributed by atoms with van der Waals surface area (Å²) in [5, 5.41) is 4.54. The van der Waals surface area contributed by atoms with E-state index in [0.29, 0.717) is 16.9 Å². The first-order valence-corrected chi connectivity index (χ1v) is 13.4. The van der Waals surface area contributed by atoms with Gasteiger partial charge in [0.1, 0.15) is 4.21 Å². The van der Waals surface area contributed by atoms with E-state index in [4.69, 9.17) is 4.74 Å². The summed E-state index contributed by atoms with van der Waals surface area (Å²) < 4.78 is 33.1. The highest BCUT2D eigenvalue weighted by molar-refractivity contribution is 7.94. The van der Waals surface area contributed by atoms with Crippen LogP contribution >= 0.6 is 11.3 Å². The van der Waals surface area contributed by atoms with Crippen molar-refractivity contribution in [3.05, 3.63) is 113 Å². The largest absolute Gasteiger partial charge is 0.444 e. The minimum atomic E-state index is -3.71. The monoisotopic (exact) mass is 520 g/mol. The van der Waals surface area contributed by atoms with E-state index in [2.05, 4.69) is 10.0 Å². The molecule has 9 heteroatoms. The predicted octanol–water partition coefficient (Wildman–Crippen LogP) is 5.70. The molecule has 1 heterocycles. The van der Waals surface area contributed by atoms with Crippen LogP contribution in [0.3, 0.4) is 0 Å². The minimum absolute atomic E-state index is 0.175. The third kappa shape index (κ3) is 5.99. The average Bonchev–Trinajstić information content (AvgIpc) is 3.42. The number of carbonyl (C=O) groups excluding carboxylic acids is 2. The molecule has 3 aromatic carbocycles. The normalized spacial score (nSPS) is 11.9. The van der Waals surface area contributed by atoms with Gasteiger partial charge in [0.05, 0.1) is 5.56 Å². The lowest BCUT2D eigenvalue weighted by Crippen LogP contribution is -2.26. The van der Waals surface area contributed by atoms with E-state index in [1.165, 1.54) is 30.3 Å². The van der Waals surface area contributed by atoms with Gasteiger partial charge in [-0.2, -0.15) is 0 Å². The molecule has 0 saturated carbocycles. The molecule has 0 bridgehead atoms. The van der Waals surface area contributed by atoms with Gasteiger partial charge in [0.15, 0.2) is 0 Å². The molecule has 184 valence electrons. The molecule has 0 saturated heterocycles. The molecule has 0 aliphatic carbocycles. The highest BCUT2D eigenvalue weighted by Crippen LogP contribution is 2.25. The zero-order valence-corrected chi connectivity index (χ0v) is 21.2. The molecule has 1 aromatic heterocycles. The molecule has 0 aliphatic rings. The number of nitrogens with one attached hydrogen (secondary N) is 2. The van der Waals surface area contributed by atoms with Crippen molar-refractivity contribution in [1.29, 1.82) is 0 Å². The summed E-state index contributed by atoms with van der Waals surface area (Å²) in [6.45, 7) is 3.81. The number of aryl methyl sites for hydroxylation is 2. The van der Waals surface area contributed by atoms with Crippen molar-refractivity contribution in [3.63, 3.8) is 0 Å². The van der Waals surface area contributed by atoms with Crippen molar-refractivity contribution in [2.24, 2.45) is 0 Å². The molecular formula is C27H24N2O5S2. The second kappa shape index (κ2) is 10.8. The van der Waals surface area contributed by atoms with E-state index in [1.54, 1.807) is 41.8 Å². The van der Waals surface area contributed by atoms with Gasteiger partial charge in [0.25, 0.3) is 15.9 Å². The molecule has 4 aromatic rings. The number of rotatable bonds is 8. The molecule has 1 amide bonds. The van der Waals surface area contributed by atoms with Crippen LogP contribution in [0.4, 0.5) is 11.4 Å². The van der Waals surface area contributed by atoms with Crippen LogP contribution in [-0.2, 0) is 19.6 Å². The van der Waals surface area contributed by atoms with E-state index in [0.717, 1.165) is 22.5 Å². The Morgan fingerprint density at radius 2 is 1.61 bits per heavy atom. The Hall–Kier alpha value is -3.95. The van der Waals surface area contributed by atoms with Crippen LogP contribution in [0.5, 0.6) is 0 Å². The number of hydrogen-bond acceptors (Lipinski definition) is 6. The van der Waals surface area contributed by atoms with E-state index in [9.17, 15) is 18.0 Å². The second-order valence-corrected chi connectivity index (χ2v) is 11.0. The van der Waals surface area contributed by atoms with Gasteiger partial charge in [-0.25, -0.2) is 13.2 Å². The standard InChI is InChI=1S/C27H24N2O5S2/c1-18-10-11-19(2)23(17-18)28-26(30)25(20-7-4-3-5-8-20)34-27(31)21-12-14-22(15-13-21)29-36(32,33)24-9-6-16-35-24/h3-17,25,29H,1-2H3,(H,28,30)/t25-/m0/s1. The van der Waals surface area contributed by atoms with E-state index in [-0.39, 0.29) is 9.77 Å². The minimum Gasteiger partial charge on any atom is -0.444 e. The fourth-order valence-corrected chi connectivity index (χ4v) is 5.49. The van der Waals surface area contributed by atoms with E-state index < -0.39 is 28.0 Å². The van der Waals surface area contributed by atoms with E-state index in [1.807, 2.05) is 32.0 Å². The number of ether oxygens (including phenoxy) is 1. The third-order valence-electron chi connectivity index (χ3n) is 5.35. The summed E-state index contributed by atoms with van der Waals surface area (Å²) in [5.41, 5.74) is 3.50. The smallest absolute Gasteiger partial charge is 0.339 e. The van der Waals surface area contributed by atoms with Crippen molar-refractivity contribution < 1.29 is 22.7 Å². The lowest BCUT2D eigenvalue weighted by molar-refractivity contribution is -0.125. The molecule has 0 spiro atoms. The van der Waals surface area contributed by atoms with Crippen molar-refractivity contribution in [2.45, 2.75) is 24.2 Å². The van der Waals surface area contributed by atoms with Crippen molar-refractivity contribution in [3.8, 4) is 0 Å². The molecule has 1 atom stereocenters. The Bertz CT molecular complexity index is 1470. The molecular weight excluding hydrogens is 496 g/mol. The van der Waals surface area contributed by atoms with Gasteiger partial charge in [0, 0.05) is 16.9 Å². The first-order chi connectivity index (χ1) is 17.2. The fraction of sp³-hybridized carbons (Fsp3) is 0.111. The number of amides is 1. The topological polar surface area (TPSA) is 102 Å². The lowest BCUT2D eigenvalue weighted by atomic mass is 10.1. The molecule has 4 rings (SSSR count). The quantitative estimate of drug-likeness (QED) is 0.290. The van der Waals surface area contributed by atoms with Crippen LogP contribution in [0.1, 0.15) is 33.2 Å². The van der Waals surface area contributed by atoms with Crippen LogP contribution in [-0.4, -0.2) is 20.3 Å². The zero-order chi connectivity index (χ0) is 25.7. The first kappa shape index (κ1) is 25.2. The molecule has 36 heavy (non-hydrogen) atoms. The summed E-state index contributed by atoms with van der Waals surface area (Å²) in [5.74, 6) is -1.20. The van der Waals surface area contributed by atoms with Crippen molar-refractivity contribution >= 4 is 44.6 Å². The van der Waals surface area contributed by atoms with Gasteiger partial charge in [-0.05, 0) is 66.8 Å². The van der Waals surface area contributed by atoms with Crippen LogP contribution in [0.25, 0.3) is 0 Å². The number of esters is 1. The summed E-state index contributed by atoms with van der Waals surface area (Å²) in [4.78, 5) is 26.2. The summed E-state index contributed by atoms with van der Waals surface area (Å²) in [6, 6.07) is 23.4. The predicted molar refractivity (Wildman–Crippen MR) is 141 cm³/mol. The number of carbonyl (C=O) groups is 2. The molecule has 0 aliphatic heterocycles. The Morgan fingerprint density at radius 3 is 2.28 bits per heavy atom. The number of anilines is 2. The average molecular weight is 521 g/mol. The Kier molecular flexibility index (Phi) is 7.52. The second-order valence-electron chi connectivity index (χ2n) is 8.12. The highest BCUT2D eigenvalue weighted by atomic mass is 32.2. The van der Waals surface area contributed by atoms with Crippen molar-refractivity contribution in [1.82, 2.24) is 0 Å². The Balaban J connectivity index is 1.52. The van der Waals surface area contributed by atoms with Gasteiger partial charge in [-0.1, -0.05) is 48.5 Å². The summed E-state index contributed by atoms with van der Waals surface area (Å²) in [6.07, 6.45) is -1.18. The highest BCUT2D eigenvalue weighted by Gasteiger charge is 2.26. The SMILES string of the molecule is Cc1ccc(C)c(NC(=O)[C@@H](OC(=O)c2ccc(NS(=O)(=O)c3cccs3)cc2)c2ccccc2)c1. The molecule has 7 nitrogen and oxygen atoms in total. The summed E-state index contributed by atoms with van der Waals surface area (Å²) >= 11 is 1.10. The lowest BCUT2D eigenvalue weighted by Gasteiger charge is -2.19. The molecule has 0 radical (unpaired) electrons. The Labute approximate surface area is 213 Å². The first-order valence-electron chi connectivity index (χ1n) is 11.0. The van der Waals surface area contributed by atoms with Gasteiger partial charge < -0.3 is 10.1 Å². The van der Waals surface area contributed by atoms with Gasteiger partial charge >= 0.3 is 5.97 Å². The fourth-order valence-electron chi connectivity index (χ4n) is 3.44. The van der Waals surface area contributed by atoms with Crippen LogP contribution < -0.4 is 10.0 Å². The van der Waals surface area contributed by atoms with E-state index >= 15 is 0 Å². The maximum Gasteiger partial charge on any atom is 0.339 e. The van der Waals surface area contributed by atoms with Crippen LogP contribution in [0.15, 0.2) is 94.5 Å². The number of sulfonamides is 1. The molecule has 0 unspecified atom stereocenters. The van der Waals surface area contributed by atoms with Crippen LogP contribution in [0, 0.1) is 13.8 Å². The molecule has 0 fully saturated rings. The Morgan fingerprint density at radius 1 is 0.889 bits per heavy atom. The maximum absolute atomic E-state index is 13.2. The number of benzene rings is 3. The van der Waals surface area contributed by atoms with Gasteiger partial charge in [0.2, 0.25) is 6.10 Å². The van der Waals surface area contributed by atoms with Gasteiger partial charge in [-0.15, -0.1) is 11.3 Å². The molecule has 2 N–H and O–H groups in total. The van der Waals surface area contributed by atoms with Gasteiger partial charge in [-0.3, -0.25) is 9.52 Å². The summed E-state index contributed by atoms with van der Waals surface area (Å²) in [7, 11) is -3.71. The number of thiophene rings is 1. The number of hydrogen-bond donors (Lipinski definition) is 2. The third-order valence-corrected chi connectivity index (χ3v) is 8.13. The maximum atomic E-state index is 13.2.